The van der Waals surface area contributed by atoms with Crippen LogP contribution in [-0.4, -0.2) is 10.2 Å². The fourth-order valence-electron chi connectivity index (χ4n) is 2.49. The molecule has 0 aliphatic heterocycles. The van der Waals surface area contributed by atoms with Gasteiger partial charge in [0.2, 0.25) is 0 Å². The number of rotatable bonds is 5. The first-order valence-electron chi connectivity index (χ1n) is 7.16. The minimum atomic E-state index is 0.182. The molecule has 3 heteroatoms. The summed E-state index contributed by atoms with van der Waals surface area (Å²) >= 11 is 0. The van der Waals surface area contributed by atoms with Gasteiger partial charge >= 0.3 is 0 Å². The summed E-state index contributed by atoms with van der Waals surface area (Å²) in [6.07, 6.45) is 1.88. The average Bonchev–Trinajstić information content (AvgIpc) is 2.95. The van der Waals surface area contributed by atoms with Gasteiger partial charge in [0.25, 0.3) is 0 Å². The van der Waals surface area contributed by atoms with Gasteiger partial charge in [0.1, 0.15) is 0 Å². The third-order valence-corrected chi connectivity index (χ3v) is 3.70. The number of benzene rings is 2. The first-order valence-corrected chi connectivity index (χ1v) is 7.16. The van der Waals surface area contributed by atoms with Gasteiger partial charge in [-0.05, 0) is 18.1 Å². The molecule has 0 aliphatic rings. The molecule has 3 aromatic rings. The number of nitrogens with one attached hydrogen (secondary N) is 2. The molecular weight excluding hydrogens is 258 g/mol. The third kappa shape index (κ3) is 3.20. The molecule has 0 saturated heterocycles. The lowest BCUT2D eigenvalue weighted by atomic mass is 9.98. The lowest BCUT2D eigenvalue weighted by Crippen LogP contribution is -2.22. The standard InChI is InChI=1S/C18H19N3/c1-14-17(13-20-21-14)12-19-18(15-8-4-2-5-9-15)16-10-6-3-7-11-16/h2-11,13,18-19H,12H2,1H3,(H,20,21). The van der Waals surface area contributed by atoms with Crippen molar-refractivity contribution in [1.82, 2.24) is 15.5 Å². The minimum Gasteiger partial charge on any atom is -0.302 e. The summed E-state index contributed by atoms with van der Waals surface area (Å²) in [5, 5.41) is 10.7. The molecule has 3 rings (SSSR count). The van der Waals surface area contributed by atoms with E-state index in [1.165, 1.54) is 16.7 Å². The maximum Gasteiger partial charge on any atom is 0.0579 e. The second-order valence-corrected chi connectivity index (χ2v) is 5.16. The van der Waals surface area contributed by atoms with Gasteiger partial charge in [0.05, 0.1) is 12.2 Å². The van der Waals surface area contributed by atoms with E-state index in [-0.39, 0.29) is 6.04 Å². The van der Waals surface area contributed by atoms with E-state index in [9.17, 15) is 0 Å². The van der Waals surface area contributed by atoms with Crippen molar-refractivity contribution in [2.75, 3.05) is 0 Å². The van der Waals surface area contributed by atoms with Crippen LogP contribution in [0.4, 0.5) is 0 Å². The average molecular weight is 277 g/mol. The van der Waals surface area contributed by atoms with Gasteiger partial charge in [-0.15, -0.1) is 0 Å². The van der Waals surface area contributed by atoms with Gasteiger partial charge in [0, 0.05) is 17.8 Å². The molecule has 0 fully saturated rings. The van der Waals surface area contributed by atoms with Crippen molar-refractivity contribution in [2.45, 2.75) is 19.5 Å². The topological polar surface area (TPSA) is 40.7 Å². The van der Waals surface area contributed by atoms with Crippen LogP contribution in [0.1, 0.15) is 28.4 Å². The highest BCUT2D eigenvalue weighted by molar-refractivity contribution is 5.31. The Hall–Kier alpha value is -2.39. The highest BCUT2D eigenvalue weighted by Crippen LogP contribution is 2.22. The Kier molecular flexibility index (Phi) is 4.12. The number of aryl methyl sites for hydroxylation is 1. The monoisotopic (exact) mass is 277 g/mol. The molecule has 0 atom stereocenters. The number of aromatic nitrogens is 2. The molecule has 0 radical (unpaired) electrons. The first-order chi connectivity index (χ1) is 10.3. The maximum atomic E-state index is 4.08. The van der Waals surface area contributed by atoms with Crippen LogP contribution in [0.2, 0.25) is 0 Å². The number of hydrogen-bond donors (Lipinski definition) is 2. The smallest absolute Gasteiger partial charge is 0.0579 e. The van der Waals surface area contributed by atoms with Crippen molar-refractivity contribution in [1.29, 1.82) is 0 Å². The van der Waals surface area contributed by atoms with E-state index < -0.39 is 0 Å². The first kappa shape index (κ1) is 13.6. The molecule has 0 saturated carbocycles. The highest BCUT2D eigenvalue weighted by Gasteiger charge is 2.13. The maximum absolute atomic E-state index is 4.08. The van der Waals surface area contributed by atoms with Crippen LogP contribution in [-0.2, 0) is 6.54 Å². The second kappa shape index (κ2) is 6.37. The van der Waals surface area contributed by atoms with Crippen LogP contribution in [0, 0.1) is 6.92 Å². The lowest BCUT2D eigenvalue weighted by Gasteiger charge is -2.19. The van der Waals surface area contributed by atoms with Crippen LogP contribution in [0.25, 0.3) is 0 Å². The molecule has 1 heterocycles. The lowest BCUT2D eigenvalue weighted by molar-refractivity contribution is 0.604. The Morgan fingerprint density at radius 3 is 2.00 bits per heavy atom. The van der Waals surface area contributed by atoms with E-state index in [0.29, 0.717) is 0 Å². The van der Waals surface area contributed by atoms with Crippen molar-refractivity contribution in [3.63, 3.8) is 0 Å². The van der Waals surface area contributed by atoms with E-state index in [1.807, 2.05) is 25.3 Å². The van der Waals surface area contributed by atoms with E-state index in [4.69, 9.17) is 0 Å². The molecule has 106 valence electrons. The summed E-state index contributed by atoms with van der Waals surface area (Å²) in [5.74, 6) is 0. The zero-order valence-electron chi connectivity index (χ0n) is 12.1. The summed E-state index contributed by atoms with van der Waals surface area (Å²) in [6.45, 7) is 2.83. The number of hydrogen-bond acceptors (Lipinski definition) is 2. The predicted octanol–water partition coefficient (Wildman–Crippen LogP) is 3.60. The molecule has 1 aromatic heterocycles. The zero-order valence-corrected chi connectivity index (χ0v) is 12.1. The zero-order chi connectivity index (χ0) is 14.5. The van der Waals surface area contributed by atoms with E-state index in [0.717, 1.165) is 12.2 Å². The molecule has 0 unspecified atom stereocenters. The minimum absolute atomic E-state index is 0.182. The van der Waals surface area contributed by atoms with Gasteiger partial charge in [-0.1, -0.05) is 60.7 Å². The Morgan fingerprint density at radius 1 is 0.952 bits per heavy atom. The highest BCUT2D eigenvalue weighted by atomic mass is 15.1. The summed E-state index contributed by atoms with van der Waals surface area (Å²) in [7, 11) is 0. The molecule has 2 N–H and O–H groups in total. The number of aromatic amines is 1. The molecule has 0 bridgehead atoms. The quantitative estimate of drug-likeness (QED) is 0.748. The molecule has 0 spiro atoms. The molecule has 2 aromatic carbocycles. The summed E-state index contributed by atoms with van der Waals surface area (Å²) in [5.41, 5.74) is 4.85. The molecule has 3 nitrogen and oxygen atoms in total. The van der Waals surface area contributed by atoms with Crippen molar-refractivity contribution in [2.24, 2.45) is 0 Å². The van der Waals surface area contributed by atoms with Gasteiger partial charge in [-0.3, -0.25) is 5.10 Å². The Balaban J connectivity index is 1.85. The number of nitrogens with zero attached hydrogens (tertiary/aromatic N) is 1. The van der Waals surface area contributed by atoms with Crippen LogP contribution in [0.3, 0.4) is 0 Å². The fraction of sp³-hybridized carbons (Fsp3) is 0.167. The largest absolute Gasteiger partial charge is 0.302 e. The summed E-state index contributed by atoms with van der Waals surface area (Å²) in [6, 6.07) is 21.2. The molecule has 0 amide bonds. The van der Waals surface area contributed by atoms with E-state index >= 15 is 0 Å². The van der Waals surface area contributed by atoms with Gasteiger partial charge in [-0.2, -0.15) is 5.10 Å². The summed E-state index contributed by atoms with van der Waals surface area (Å²) in [4.78, 5) is 0. The molecular formula is C18H19N3. The Morgan fingerprint density at radius 2 is 1.52 bits per heavy atom. The van der Waals surface area contributed by atoms with E-state index in [1.54, 1.807) is 0 Å². The van der Waals surface area contributed by atoms with Gasteiger partial charge in [0.15, 0.2) is 0 Å². The van der Waals surface area contributed by atoms with Crippen LogP contribution >= 0.6 is 0 Å². The van der Waals surface area contributed by atoms with Gasteiger partial charge in [-0.25, -0.2) is 0 Å². The normalized spacial score (nSPS) is 11.0. The van der Waals surface area contributed by atoms with Crippen molar-refractivity contribution >= 4 is 0 Å². The second-order valence-electron chi connectivity index (χ2n) is 5.16. The van der Waals surface area contributed by atoms with Crippen molar-refractivity contribution in [3.8, 4) is 0 Å². The predicted molar refractivity (Wildman–Crippen MR) is 84.9 cm³/mol. The Bertz CT molecular complexity index is 634. The third-order valence-electron chi connectivity index (χ3n) is 3.70. The molecule has 21 heavy (non-hydrogen) atoms. The SMILES string of the molecule is Cc1[nH]ncc1CNC(c1ccccc1)c1ccccc1. The number of H-pyrrole nitrogens is 1. The summed E-state index contributed by atoms with van der Waals surface area (Å²) < 4.78 is 0. The van der Waals surface area contributed by atoms with Gasteiger partial charge < -0.3 is 5.32 Å². The fourth-order valence-corrected chi connectivity index (χ4v) is 2.49. The van der Waals surface area contributed by atoms with Crippen molar-refractivity contribution in [3.05, 3.63) is 89.2 Å². The van der Waals surface area contributed by atoms with Crippen molar-refractivity contribution < 1.29 is 0 Å². The Labute approximate surface area is 125 Å². The van der Waals surface area contributed by atoms with E-state index in [2.05, 4.69) is 64.0 Å². The molecule has 0 aliphatic carbocycles. The van der Waals surface area contributed by atoms with Crippen LogP contribution in [0.5, 0.6) is 0 Å². The van der Waals surface area contributed by atoms with Crippen LogP contribution in [0.15, 0.2) is 66.9 Å². The van der Waals surface area contributed by atoms with Crippen LogP contribution < -0.4 is 5.32 Å².